The fourth-order valence-corrected chi connectivity index (χ4v) is 3.27. The molecule has 1 atom stereocenters. The highest BCUT2D eigenvalue weighted by Crippen LogP contribution is 2.33. The lowest BCUT2D eigenvalue weighted by atomic mass is 9.99. The van der Waals surface area contributed by atoms with Crippen molar-refractivity contribution in [3.05, 3.63) is 65.2 Å². The molecule has 2 aromatic rings. The maximum absolute atomic E-state index is 12.6. The average molecular weight is 325 g/mol. The lowest BCUT2D eigenvalue weighted by Crippen LogP contribution is -2.34. The van der Waals surface area contributed by atoms with Gasteiger partial charge in [0.25, 0.3) is 5.91 Å². The van der Waals surface area contributed by atoms with Gasteiger partial charge in [0.1, 0.15) is 5.75 Å². The van der Waals surface area contributed by atoms with Gasteiger partial charge in [-0.2, -0.15) is 0 Å². The van der Waals surface area contributed by atoms with Gasteiger partial charge in [-0.25, -0.2) is 0 Å². The van der Waals surface area contributed by atoms with E-state index in [1.807, 2.05) is 17.0 Å². The first-order chi connectivity index (χ1) is 11.7. The number of likely N-dealkylation sites (tertiary alicyclic amines) is 1. The van der Waals surface area contributed by atoms with E-state index in [-0.39, 0.29) is 25.2 Å². The van der Waals surface area contributed by atoms with Gasteiger partial charge in [0.15, 0.2) is 6.61 Å². The third-order valence-electron chi connectivity index (χ3n) is 4.59. The molecule has 1 fully saturated rings. The molecule has 3 rings (SSSR count). The number of aryl methyl sites for hydroxylation is 1. The van der Waals surface area contributed by atoms with E-state index in [4.69, 9.17) is 9.84 Å². The summed E-state index contributed by atoms with van der Waals surface area (Å²) in [5.41, 5.74) is 3.28. The molecule has 0 bridgehead atoms. The second-order valence-electron chi connectivity index (χ2n) is 6.19. The van der Waals surface area contributed by atoms with E-state index in [1.54, 1.807) is 24.3 Å². The number of amides is 1. The molecular weight excluding hydrogens is 302 g/mol. The van der Waals surface area contributed by atoms with Gasteiger partial charge in [0, 0.05) is 6.54 Å². The number of benzene rings is 2. The Labute approximate surface area is 142 Å². The molecule has 0 saturated carbocycles. The molecule has 2 aromatic carbocycles. The summed E-state index contributed by atoms with van der Waals surface area (Å²) >= 11 is 0. The van der Waals surface area contributed by atoms with E-state index < -0.39 is 0 Å². The van der Waals surface area contributed by atoms with Crippen LogP contribution in [0.1, 0.15) is 35.6 Å². The van der Waals surface area contributed by atoms with Crippen LogP contribution in [0.3, 0.4) is 0 Å². The first kappa shape index (κ1) is 16.5. The van der Waals surface area contributed by atoms with Crippen molar-refractivity contribution in [3.8, 4) is 5.75 Å². The van der Waals surface area contributed by atoms with Crippen molar-refractivity contribution >= 4 is 5.91 Å². The van der Waals surface area contributed by atoms with Gasteiger partial charge in [0.05, 0.1) is 12.6 Å². The summed E-state index contributed by atoms with van der Waals surface area (Å²) in [7, 11) is 0. The summed E-state index contributed by atoms with van der Waals surface area (Å²) in [6, 6.07) is 15.6. The summed E-state index contributed by atoms with van der Waals surface area (Å²) in [5.74, 6) is 0.666. The van der Waals surface area contributed by atoms with Gasteiger partial charge < -0.3 is 14.7 Å². The maximum Gasteiger partial charge on any atom is 0.261 e. The molecule has 0 spiro atoms. The van der Waals surface area contributed by atoms with Crippen LogP contribution in [-0.4, -0.2) is 29.1 Å². The summed E-state index contributed by atoms with van der Waals surface area (Å²) in [6.45, 7) is 2.92. The van der Waals surface area contributed by atoms with Crippen molar-refractivity contribution in [2.45, 2.75) is 32.4 Å². The van der Waals surface area contributed by atoms with Gasteiger partial charge in [0.2, 0.25) is 0 Å². The number of hydrogen-bond acceptors (Lipinski definition) is 3. The molecule has 1 amide bonds. The highest BCUT2D eigenvalue weighted by molar-refractivity contribution is 5.78. The molecule has 4 nitrogen and oxygen atoms in total. The van der Waals surface area contributed by atoms with Gasteiger partial charge in [-0.05, 0) is 48.6 Å². The third kappa shape index (κ3) is 3.60. The van der Waals surface area contributed by atoms with Crippen LogP contribution >= 0.6 is 0 Å². The molecule has 0 radical (unpaired) electrons. The Bertz CT molecular complexity index is 696. The Morgan fingerprint density at radius 2 is 1.96 bits per heavy atom. The smallest absolute Gasteiger partial charge is 0.261 e. The van der Waals surface area contributed by atoms with E-state index in [0.717, 1.165) is 24.9 Å². The standard InChI is InChI=1S/C20H23NO3/c1-15-5-2-3-6-18(15)19-7-4-12-21(19)20(23)14-24-17-10-8-16(13-22)9-11-17/h2-3,5-6,8-11,19,22H,4,7,12-14H2,1H3/t19-/m1/s1. The number of hydrogen-bond donors (Lipinski definition) is 1. The number of aliphatic hydroxyl groups is 1. The fraction of sp³-hybridized carbons (Fsp3) is 0.350. The largest absolute Gasteiger partial charge is 0.484 e. The summed E-state index contributed by atoms with van der Waals surface area (Å²) in [6.07, 6.45) is 2.03. The number of aliphatic hydroxyl groups excluding tert-OH is 1. The lowest BCUT2D eigenvalue weighted by molar-refractivity contribution is -0.134. The van der Waals surface area contributed by atoms with Crippen LogP contribution in [0.2, 0.25) is 0 Å². The molecule has 1 heterocycles. The molecule has 4 heteroatoms. The van der Waals surface area contributed by atoms with Crippen molar-refractivity contribution < 1.29 is 14.6 Å². The van der Waals surface area contributed by atoms with Gasteiger partial charge in [-0.15, -0.1) is 0 Å². The van der Waals surface area contributed by atoms with Crippen LogP contribution in [0.4, 0.5) is 0 Å². The Hall–Kier alpha value is -2.33. The predicted molar refractivity (Wildman–Crippen MR) is 92.7 cm³/mol. The van der Waals surface area contributed by atoms with Crippen LogP contribution in [0.15, 0.2) is 48.5 Å². The molecule has 126 valence electrons. The van der Waals surface area contributed by atoms with Gasteiger partial charge >= 0.3 is 0 Å². The highest BCUT2D eigenvalue weighted by Gasteiger charge is 2.30. The van der Waals surface area contributed by atoms with Crippen molar-refractivity contribution in [1.82, 2.24) is 4.90 Å². The van der Waals surface area contributed by atoms with Crippen LogP contribution in [0.5, 0.6) is 5.75 Å². The normalized spacial score (nSPS) is 17.1. The van der Waals surface area contributed by atoms with Crippen LogP contribution in [0.25, 0.3) is 0 Å². The summed E-state index contributed by atoms with van der Waals surface area (Å²) < 4.78 is 5.62. The second kappa shape index (κ2) is 7.49. The molecule has 0 unspecified atom stereocenters. The third-order valence-corrected chi connectivity index (χ3v) is 4.59. The molecule has 1 N–H and O–H groups in total. The Morgan fingerprint density at radius 3 is 2.67 bits per heavy atom. The summed E-state index contributed by atoms with van der Waals surface area (Å²) in [5, 5.41) is 9.05. The fourth-order valence-electron chi connectivity index (χ4n) is 3.27. The highest BCUT2D eigenvalue weighted by atomic mass is 16.5. The SMILES string of the molecule is Cc1ccccc1[C@H]1CCCN1C(=O)COc1ccc(CO)cc1. The molecule has 1 saturated heterocycles. The van der Waals surface area contributed by atoms with E-state index in [1.165, 1.54) is 11.1 Å². The summed E-state index contributed by atoms with van der Waals surface area (Å²) in [4.78, 5) is 14.5. The Morgan fingerprint density at radius 1 is 1.21 bits per heavy atom. The monoisotopic (exact) mass is 325 g/mol. The average Bonchev–Trinajstić information content (AvgIpc) is 3.10. The van der Waals surface area contributed by atoms with Gasteiger partial charge in [-0.3, -0.25) is 4.79 Å². The minimum atomic E-state index is 0.00505. The number of carbonyl (C=O) groups excluding carboxylic acids is 1. The maximum atomic E-state index is 12.6. The van der Waals surface area contributed by atoms with Crippen LogP contribution in [-0.2, 0) is 11.4 Å². The van der Waals surface area contributed by atoms with E-state index in [0.29, 0.717) is 5.75 Å². The molecule has 0 aromatic heterocycles. The number of rotatable bonds is 5. The van der Waals surface area contributed by atoms with Crippen molar-refractivity contribution in [2.24, 2.45) is 0 Å². The van der Waals surface area contributed by atoms with Crippen molar-refractivity contribution in [3.63, 3.8) is 0 Å². The predicted octanol–water partition coefficient (Wildman–Crippen LogP) is 3.23. The minimum absolute atomic E-state index is 0.00505. The molecule has 1 aliphatic rings. The topological polar surface area (TPSA) is 49.8 Å². The van der Waals surface area contributed by atoms with Crippen molar-refractivity contribution in [1.29, 1.82) is 0 Å². The Kier molecular flexibility index (Phi) is 5.16. The van der Waals surface area contributed by atoms with E-state index >= 15 is 0 Å². The zero-order valence-electron chi connectivity index (χ0n) is 13.9. The lowest BCUT2D eigenvalue weighted by Gasteiger charge is -2.26. The molecule has 1 aliphatic heterocycles. The number of ether oxygens (including phenoxy) is 1. The van der Waals surface area contributed by atoms with E-state index in [9.17, 15) is 4.79 Å². The molecule has 24 heavy (non-hydrogen) atoms. The zero-order chi connectivity index (χ0) is 16.9. The first-order valence-corrected chi connectivity index (χ1v) is 8.36. The van der Waals surface area contributed by atoms with Gasteiger partial charge in [-0.1, -0.05) is 36.4 Å². The first-order valence-electron chi connectivity index (χ1n) is 8.36. The Balaban J connectivity index is 1.64. The molecular formula is C20H23NO3. The minimum Gasteiger partial charge on any atom is -0.484 e. The quantitative estimate of drug-likeness (QED) is 0.918. The zero-order valence-corrected chi connectivity index (χ0v) is 13.9. The van der Waals surface area contributed by atoms with Crippen molar-refractivity contribution in [2.75, 3.05) is 13.2 Å². The number of carbonyl (C=O) groups is 1. The molecule has 0 aliphatic carbocycles. The van der Waals surface area contributed by atoms with Crippen LogP contribution < -0.4 is 4.74 Å². The second-order valence-corrected chi connectivity index (χ2v) is 6.19. The van der Waals surface area contributed by atoms with E-state index in [2.05, 4.69) is 19.1 Å². The number of nitrogens with zero attached hydrogens (tertiary/aromatic N) is 1. The van der Waals surface area contributed by atoms with Crippen LogP contribution in [0, 0.1) is 6.92 Å².